The number of hydrogen-bond acceptors (Lipinski definition) is 3. The second-order valence-electron chi connectivity index (χ2n) is 5.85. The number of carbonyl (C=O) groups is 2. The largest absolute Gasteiger partial charge is 0.351 e. The molecule has 1 saturated heterocycles. The van der Waals surface area contributed by atoms with E-state index in [4.69, 9.17) is 0 Å². The number of hydrogen-bond donors (Lipinski definition) is 1. The zero-order valence-corrected chi connectivity index (χ0v) is 13.9. The van der Waals surface area contributed by atoms with Crippen molar-refractivity contribution in [2.75, 3.05) is 39.3 Å². The fourth-order valence-electron chi connectivity index (χ4n) is 2.75. The maximum Gasteiger partial charge on any atom is 0.254 e. The minimum Gasteiger partial charge on any atom is -0.351 e. The van der Waals surface area contributed by atoms with Gasteiger partial charge in [0.25, 0.3) is 5.91 Å². The number of piperazine rings is 1. The van der Waals surface area contributed by atoms with Gasteiger partial charge in [0.1, 0.15) is 11.6 Å². The molecule has 132 valence electrons. The minimum atomic E-state index is -0.911. The van der Waals surface area contributed by atoms with E-state index in [2.05, 4.69) is 17.1 Å². The van der Waals surface area contributed by atoms with Gasteiger partial charge in [0.15, 0.2) is 0 Å². The van der Waals surface area contributed by atoms with Crippen LogP contribution in [0.15, 0.2) is 18.2 Å². The van der Waals surface area contributed by atoms with Crippen LogP contribution in [0.3, 0.4) is 0 Å². The summed E-state index contributed by atoms with van der Waals surface area (Å²) in [5.74, 6) is -2.31. The molecule has 1 aliphatic rings. The second-order valence-corrected chi connectivity index (χ2v) is 5.85. The molecule has 0 unspecified atom stereocenters. The van der Waals surface area contributed by atoms with Crippen molar-refractivity contribution in [2.24, 2.45) is 0 Å². The van der Waals surface area contributed by atoms with E-state index in [9.17, 15) is 18.4 Å². The first-order valence-electron chi connectivity index (χ1n) is 8.24. The molecular weight excluding hydrogens is 316 g/mol. The monoisotopic (exact) mass is 339 g/mol. The summed E-state index contributed by atoms with van der Waals surface area (Å²) in [6, 6.07) is 2.78. The fraction of sp³-hybridized carbons (Fsp3) is 0.529. The van der Waals surface area contributed by atoms with E-state index in [0.717, 1.165) is 38.2 Å². The van der Waals surface area contributed by atoms with E-state index in [1.54, 1.807) is 4.90 Å². The molecule has 2 amide bonds. The number of halogens is 2. The van der Waals surface area contributed by atoms with Crippen LogP contribution in [0, 0.1) is 11.6 Å². The molecule has 5 nitrogen and oxygen atoms in total. The van der Waals surface area contributed by atoms with Gasteiger partial charge in [-0.25, -0.2) is 8.78 Å². The van der Waals surface area contributed by atoms with E-state index >= 15 is 0 Å². The lowest BCUT2D eigenvalue weighted by Crippen LogP contribution is -2.49. The molecule has 1 heterocycles. The Kier molecular flexibility index (Phi) is 6.66. The predicted octanol–water partition coefficient (Wildman–Crippen LogP) is 1.64. The lowest BCUT2D eigenvalue weighted by molar-refractivity contribution is -0.132. The third kappa shape index (κ3) is 4.99. The number of carbonyl (C=O) groups excluding carboxylic acids is 2. The Labute approximate surface area is 140 Å². The molecule has 1 aromatic rings. The Morgan fingerprint density at radius 3 is 2.50 bits per heavy atom. The third-order valence-corrected chi connectivity index (χ3v) is 4.07. The highest BCUT2D eigenvalue weighted by Gasteiger charge is 2.20. The van der Waals surface area contributed by atoms with Gasteiger partial charge >= 0.3 is 0 Å². The highest BCUT2D eigenvalue weighted by molar-refractivity contribution is 5.94. The van der Waals surface area contributed by atoms with Crippen LogP contribution in [0.1, 0.15) is 30.1 Å². The van der Waals surface area contributed by atoms with Gasteiger partial charge in [0.2, 0.25) is 5.91 Å². The molecule has 7 heteroatoms. The predicted molar refractivity (Wildman–Crippen MR) is 86.6 cm³/mol. The molecule has 0 bridgehead atoms. The van der Waals surface area contributed by atoms with Crippen molar-refractivity contribution < 1.29 is 18.4 Å². The third-order valence-electron chi connectivity index (χ3n) is 4.07. The van der Waals surface area contributed by atoms with Gasteiger partial charge in [-0.3, -0.25) is 14.5 Å². The Bertz CT molecular complexity index is 587. The molecule has 0 saturated carbocycles. The smallest absolute Gasteiger partial charge is 0.254 e. The fourth-order valence-corrected chi connectivity index (χ4v) is 2.75. The first-order valence-corrected chi connectivity index (χ1v) is 8.24. The Balaban J connectivity index is 1.73. The van der Waals surface area contributed by atoms with Crippen LogP contribution in [0.2, 0.25) is 0 Å². The molecule has 1 aromatic carbocycles. The SMILES string of the molecule is CCCN1CCN(C(=O)CCNC(=O)c2ccc(F)cc2F)CC1. The van der Waals surface area contributed by atoms with Gasteiger partial charge in [0, 0.05) is 45.2 Å². The molecule has 0 spiro atoms. The summed E-state index contributed by atoms with van der Waals surface area (Å²) in [6.45, 7) is 6.42. The summed E-state index contributed by atoms with van der Waals surface area (Å²) in [6.07, 6.45) is 1.27. The van der Waals surface area contributed by atoms with Crippen LogP contribution in [-0.2, 0) is 4.79 Å². The summed E-state index contributed by atoms with van der Waals surface area (Å²) in [7, 11) is 0. The van der Waals surface area contributed by atoms with Crippen LogP contribution in [0.5, 0.6) is 0 Å². The number of nitrogens with zero attached hydrogens (tertiary/aromatic N) is 2. The van der Waals surface area contributed by atoms with Crippen molar-refractivity contribution in [3.05, 3.63) is 35.4 Å². The van der Waals surface area contributed by atoms with Crippen molar-refractivity contribution >= 4 is 11.8 Å². The van der Waals surface area contributed by atoms with Crippen LogP contribution in [-0.4, -0.2) is 60.9 Å². The molecule has 2 rings (SSSR count). The molecule has 1 N–H and O–H groups in total. The molecule has 1 aliphatic heterocycles. The summed E-state index contributed by atoms with van der Waals surface area (Å²) >= 11 is 0. The molecular formula is C17H23F2N3O2. The average Bonchev–Trinajstić information content (AvgIpc) is 2.55. The molecule has 0 aliphatic carbocycles. The van der Waals surface area contributed by atoms with Crippen molar-refractivity contribution in [1.29, 1.82) is 0 Å². The zero-order valence-electron chi connectivity index (χ0n) is 13.9. The standard InChI is InChI=1S/C17H23F2N3O2/c1-2-7-21-8-10-22(11-9-21)16(23)5-6-20-17(24)14-4-3-13(18)12-15(14)19/h3-4,12H,2,5-11H2,1H3,(H,20,24). The van der Waals surface area contributed by atoms with Crippen molar-refractivity contribution in [2.45, 2.75) is 19.8 Å². The Morgan fingerprint density at radius 2 is 1.88 bits per heavy atom. The molecule has 1 fully saturated rings. The number of amides is 2. The highest BCUT2D eigenvalue weighted by Crippen LogP contribution is 2.09. The normalized spacial score (nSPS) is 15.4. The summed E-state index contributed by atoms with van der Waals surface area (Å²) in [5, 5.41) is 2.50. The molecule has 0 radical (unpaired) electrons. The zero-order chi connectivity index (χ0) is 17.5. The van der Waals surface area contributed by atoms with Gasteiger partial charge in [-0.05, 0) is 25.1 Å². The molecule has 0 aromatic heterocycles. The van der Waals surface area contributed by atoms with E-state index in [1.807, 2.05) is 0 Å². The van der Waals surface area contributed by atoms with E-state index in [1.165, 1.54) is 0 Å². The summed E-state index contributed by atoms with van der Waals surface area (Å²) < 4.78 is 26.3. The van der Waals surface area contributed by atoms with Crippen LogP contribution >= 0.6 is 0 Å². The summed E-state index contributed by atoms with van der Waals surface area (Å²) in [4.78, 5) is 28.1. The maximum absolute atomic E-state index is 13.5. The van der Waals surface area contributed by atoms with Gasteiger partial charge < -0.3 is 10.2 Å². The molecule has 0 atom stereocenters. The quantitative estimate of drug-likeness (QED) is 0.857. The lowest BCUT2D eigenvalue weighted by Gasteiger charge is -2.34. The summed E-state index contributed by atoms with van der Waals surface area (Å²) in [5.41, 5.74) is -0.225. The van der Waals surface area contributed by atoms with Crippen molar-refractivity contribution in [3.63, 3.8) is 0 Å². The Morgan fingerprint density at radius 1 is 1.17 bits per heavy atom. The van der Waals surface area contributed by atoms with Crippen molar-refractivity contribution in [1.82, 2.24) is 15.1 Å². The van der Waals surface area contributed by atoms with E-state index in [0.29, 0.717) is 19.2 Å². The first-order chi connectivity index (χ1) is 11.5. The molecule has 24 heavy (non-hydrogen) atoms. The average molecular weight is 339 g/mol. The maximum atomic E-state index is 13.5. The van der Waals surface area contributed by atoms with Gasteiger partial charge in [-0.1, -0.05) is 6.92 Å². The van der Waals surface area contributed by atoms with E-state index < -0.39 is 17.5 Å². The number of rotatable bonds is 6. The van der Waals surface area contributed by atoms with Gasteiger partial charge in [-0.2, -0.15) is 0 Å². The number of nitrogens with one attached hydrogen (secondary N) is 1. The second kappa shape index (κ2) is 8.73. The van der Waals surface area contributed by atoms with E-state index in [-0.39, 0.29) is 24.4 Å². The van der Waals surface area contributed by atoms with Crippen LogP contribution < -0.4 is 5.32 Å². The van der Waals surface area contributed by atoms with Crippen LogP contribution in [0.25, 0.3) is 0 Å². The van der Waals surface area contributed by atoms with Gasteiger partial charge in [-0.15, -0.1) is 0 Å². The van der Waals surface area contributed by atoms with Crippen molar-refractivity contribution in [3.8, 4) is 0 Å². The highest BCUT2D eigenvalue weighted by atomic mass is 19.1. The Hall–Kier alpha value is -2.02. The topological polar surface area (TPSA) is 52.6 Å². The lowest BCUT2D eigenvalue weighted by atomic mass is 10.2. The van der Waals surface area contributed by atoms with Crippen LogP contribution in [0.4, 0.5) is 8.78 Å². The van der Waals surface area contributed by atoms with Gasteiger partial charge in [0.05, 0.1) is 5.56 Å². The minimum absolute atomic E-state index is 0.0222. The first kappa shape index (κ1) is 18.3. The number of benzene rings is 1.